The third-order valence-corrected chi connectivity index (χ3v) is 3.80. The van der Waals surface area contributed by atoms with Crippen molar-refractivity contribution >= 4 is 11.6 Å². The first-order valence-electron chi connectivity index (χ1n) is 7.65. The molecule has 0 atom stereocenters. The van der Waals surface area contributed by atoms with E-state index >= 15 is 0 Å². The van der Waals surface area contributed by atoms with Crippen LogP contribution in [0.2, 0.25) is 0 Å². The highest BCUT2D eigenvalue weighted by Crippen LogP contribution is 2.33. The first kappa shape index (κ1) is 18.6. The Morgan fingerprint density at radius 1 is 1.04 bits per heavy atom. The number of nitrogens with one attached hydrogen (secondary N) is 2. The molecule has 0 saturated heterocycles. The molecule has 1 amide bonds. The van der Waals surface area contributed by atoms with Gasteiger partial charge in [0, 0.05) is 17.2 Å². The summed E-state index contributed by atoms with van der Waals surface area (Å²) in [6, 6.07) is 6.59. The van der Waals surface area contributed by atoms with Gasteiger partial charge < -0.3 is 5.32 Å². The lowest BCUT2D eigenvalue weighted by molar-refractivity contribution is -0.137. The number of benzene rings is 2. The number of amides is 1. The SMILES string of the molecule is Cc1[nH]nc(-c2ccc(C(F)(F)F)cc2)c1NC(=O)c1cc(F)cc(F)c1. The molecule has 3 aromatic rings. The Bertz CT molecular complexity index is 973. The van der Waals surface area contributed by atoms with Crippen LogP contribution in [-0.4, -0.2) is 16.1 Å². The maximum Gasteiger partial charge on any atom is 0.416 e. The number of anilines is 1. The first-order valence-corrected chi connectivity index (χ1v) is 7.65. The van der Waals surface area contributed by atoms with E-state index in [0.29, 0.717) is 17.3 Å². The third kappa shape index (κ3) is 3.97. The Hall–Kier alpha value is -3.23. The Morgan fingerprint density at radius 3 is 2.19 bits per heavy atom. The summed E-state index contributed by atoms with van der Waals surface area (Å²) in [6.07, 6.45) is -4.47. The number of H-pyrrole nitrogens is 1. The Labute approximate surface area is 150 Å². The number of aromatic amines is 1. The van der Waals surface area contributed by atoms with Crippen LogP contribution < -0.4 is 5.32 Å². The van der Waals surface area contributed by atoms with E-state index < -0.39 is 29.3 Å². The Morgan fingerprint density at radius 2 is 1.63 bits per heavy atom. The predicted molar refractivity (Wildman–Crippen MR) is 88.1 cm³/mol. The molecule has 4 nitrogen and oxygen atoms in total. The van der Waals surface area contributed by atoms with Crippen LogP contribution in [0.5, 0.6) is 0 Å². The van der Waals surface area contributed by atoms with Crippen molar-refractivity contribution in [3.05, 3.63) is 70.9 Å². The Balaban J connectivity index is 1.92. The largest absolute Gasteiger partial charge is 0.416 e. The molecule has 0 aliphatic heterocycles. The van der Waals surface area contributed by atoms with Crippen molar-refractivity contribution in [2.45, 2.75) is 13.1 Å². The van der Waals surface area contributed by atoms with Crippen molar-refractivity contribution in [1.82, 2.24) is 10.2 Å². The maximum absolute atomic E-state index is 13.3. The number of rotatable bonds is 3. The van der Waals surface area contributed by atoms with Crippen LogP contribution in [0.3, 0.4) is 0 Å². The zero-order valence-electron chi connectivity index (χ0n) is 13.8. The second kappa shape index (κ2) is 6.82. The molecule has 1 aromatic heterocycles. The fourth-order valence-electron chi connectivity index (χ4n) is 2.48. The van der Waals surface area contributed by atoms with Crippen LogP contribution in [0.15, 0.2) is 42.5 Å². The lowest BCUT2D eigenvalue weighted by Crippen LogP contribution is -2.13. The van der Waals surface area contributed by atoms with Crippen molar-refractivity contribution in [2.24, 2.45) is 0 Å². The predicted octanol–water partition coefficient (Wildman–Crippen LogP) is 4.93. The van der Waals surface area contributed by atoms with Crippen LogP contribution in [0.25, 0.3) is 11.3 Å². The van der Waals surface area contributed by atoms with E-state index in [2.05, 4.69) is 15.5 Å². The average molecular weight is 381 g/mol. The molecule has 0 aliphatic rings. The molecule has 1 heterocycles. The average Bonchev–Trinajstić information content (AvgIpc) is 2.94. The van der Waals surface area contributed by atoms with Crippen LogP contribution in [0.1, 0.15) is 21.6 Å². The molecule has 0 unspecified atom stereocenters. The van der Waals surface area contributed by atoms with Gasteiger partial charge in [-0.15, -0.1) is 0 Å². The highest BCUT2D eigenvalue weighted by atomic mass is 19.4. The molecule has 2 aromatic carbocycles. The standard InChI is InChI=1S/C18H12F5N3O/c1-9-15(24-17(27)11-6-13(19)8-14(20)7-11)16(26-25-9)10-2-4-12(5-3-10)18(21,22)23/h2-8H,1H3,(H,24,27)(H,25,26). The lowest BCUT2D eigenvalue weighted by atomic mass is 10.1. The van der Waals surface area contributed by atoms with E-state index in [-0.39, 0.29) is 16.9 Å². The zero-order chi connectivity index (χ0) is 19.8. The molecule has 0 saturated carbocycles. The van der Waals surface area contributed by atoms with E-state index in [1.807, 2.05) is 0 Å². The van der Waals surface area contributed by atoms with Crippen molar-refractivity contribution < 1.29 is 26.7 Å². The molecule has 27 heavy (non-hydrogen) atoms. The smallest absolute Gasteiger partial charge is 0.319 e. The quantitative estimate of drug-likeness (QED) is 0.632. The number of halogens is 5. The van der Waals surface area contributed by atoms with E-state index in [1.54, 1.807) is 6.92 Å². The highest BCUT2D eigenvalue weighted by molar-refractivity contribution is 6.06. The van der Waals surface area contributed by atoms with Gasteiger partial charge in [-0.05, 0) is 31.2 Å². The molecule has 140 valence electrons. The lowest BCUT2D eigenvalue weighted by Gasteiger charge is -2.09. The second-order valence-corrected chi connectivity index (χ2v) is 5.76. The molecule has 0 bridgehead atoms. The van der Waals surface area contributed by atoms with Gasteiger partial charge in [0.15, 0.2) is 0 Å². The second-order valence-electron chi connectivity index (χ2n) is 5.76. The molecule has 3 rings (SSSR count). The van der Waals surface area contributed by atoms with E-state index in [9.17, 15) is 26.7 Å². The van der Waals surface area contributed by atoms with Gasteiger partial charge in [-0.1, -0.05) is 12.1 Å². The van der Waals surface area contributed by atoms with Gasteiger partial charge in [0.25, 0.3) is 5.91 Å². The summed E-state index contributed by atoms with van der Waals surface area (Å²) in [5.74, 6) is -2.61. The summed E-state index contributed by atoms with van der Waals surface area (Å²) in [4.78, 5) is 12.3. The minimum atomic E-state index is -4.47. The van der Waals surface area contributed by atoms with Crippen molar-refractivity contribution in [3.63, 3.8) is 0 Å². The normalized spacial score (nSPS) is 11.5. The topological polar surface area (TPSA) is 57.8 Å². The number of hydrogen-bond donors (Lipinski definition) is 2. The van der Waals surface area contributed by atoms with E-state index in [0.717, 1.165) is 24.3 Å². The summed E-state index contributed by atoms with van der Waals surface area (Å²) >= 11 is 0. The number of carbonyl (C=O) groups excluding carboxylic acids is 1. The van der Waals surface area contributed by atoms with Gasteiger partial charge in [0.2, 0.25) is 0 Å². The fourth-order valence-corrected chi connectivity index (χ4v) is 2.48. The van der Waals surface area contributed by atoms with Crippen molar-refractivity contribution in [1.29, 1.82) is 0 Å². The summed E-state index contributed by atoms with van der Waals surface area (Å²) in [5, 5.41) is 9.10. The van der Waals surface area contributed by atoms with Gasteiger partial charge in [0.1, 0.15) is 17.3 Å². The number of nitrogens with zero attached hydrogens (tertiary/aromatic N) is 1. The monoisotopic (exact) mass is 381 g/mol. The van der Waals surface area contributed by atoms with Gasteiger partial charge >= 0.3 is 6.18 Å². The summed E-state index contributed by atoms with van der Waals surface area (Å²) in [7, 11) is 0. The van der Waals surface area contributed by atoms with Gasteiger partial charge in [0.05, 0.1) is 16.9 Å². The zero-order valence-corrected chi connectivity index (χ0v) is 13.8. The minimum Gasteiger partial charge on any atom is -0.319 e. The van der Waals surface area contributed by atoms with Gasteiger partial charge in [-0.2, -0.15) is 18.3 Å². The molecule has 9 heteroatoms. The minimum absolute atomic E-state index is 0.199. The molecular weight excluding hydrogens is 369 g/mol. The van der Waals surface area contributed by atoms with Crippen LogP contribution in [0, 0.1) is 18.6 Å². The van der Waals surface area contributed by atoms with Crippen molar-refractivity contribution in [3.8, 4) is 11.3 Å². The van der Waals surface area contributed by atoms with Gasteiger partial charge in [-0.3, -0.25) is 9.89 Å². The van der Waals surface area contributed by atoms with Gasteiger partial charge in [-0.25, -0.2) is 8.78 Å². The van der Waals surface area contributed by atoms with E-state index in [1.165, 1.54) is 12.1 Å². The molecule has 0 fully saturated rings. The summed E-state index contributed by atoms with van der Waals surface area (Å²) < 4.78 is 64.7. The molecule has 0 radical (unpaired) electrons. The molecular formula is C18H12F5N3O. The number of carbonyl (C=O) groups is 1. The van der Waals surface area contributed by atoms with Crippen molar-refractivity contribution in [2.75, 3.05) is 5.32 Å². The molecule has 0 aliphatic carbocycles. The summed E-state index contributed by atoms with van der Waals surface area (Å²) in [5.41, 5.74) is 0.0878. The number of aryl methyl sites for hydroxylation is 1. The molecule has 0 spiro atoms. The third-order valence-electron chi connectivity index (χ3n) is 3.80. The molecule has 2 N–H and O–H groups in total. The first-order chi connectivity index (χ1) is 12.6. The van der Waals surface area contributed by atoms with Crippen LogP contribution >= 0.6 is 0 Å². The fraction of sp³-hybridized carbons (Fsp3) is 0.111. The number of aromatic nitrogens is 2. The van der Waals surface area contributed by atoms with Crippen LogP contribution in [0.4, 0.5) is 27.6 Å². The summed E-state index contributed by atoms with van der Waals surface area (Å²) in [6.45, 7) is 1.59. The number of alkyl halides is 3. The Kier molecular flexibility index (Phi) is 4.69. The van der Waals surface area contributed by atoms with Crippen LogP contribution in [-0.2, 0) is 6.18 Å². The number of hydrogen-bond acceptors (Lipinski definition) is 2. The maximum atomic E-state index is 13.3. The highest BCUT2D eigenvalue weighted by Gasteiger charge is 2.30. The van der Waals surface area contributed by atoms with E-state index in [4.69, 9.17) is 0 Å².